The van der Waals surface area contributed by atoms with Gasteiger partial charge in [0.1, 0.15) is 0 Å². The molecule has 26 heavy (non-hydrogen) atoms. The van der Waals surface area contributed by atoms with Gasteiger partial charge in [-0.05, 0) is 43.4 Å². The van der Waals surface area contributed by atoms with Crippen LogP contribution in [0.1, 0.15) is 45.6 Å². The summed E-state index contributed by atoms with van der Waals surface area (Å²) in [5, 5.41) is 3.57. The molecule has 142 valence electrons. The van der Waals surface area contributed by atoms with E-state index in [2.05, 4.69) is 31.3 Å². The lowest BCUT2D eigenvalue weighted by molar-refractivity contribution is -0.149. The van der Waals surface area contributed by atoms with Gasteiger partial charge in [0.2, 0.25) is 6.79 Å². The van der Waals surface area contributed by atoms with Crippen molar-refractivity contribution in [3.05, 3.63) is 35.9 Å². The van der Waals surface area contributed by atoms with Crippen molar-refractivity contribution < 1.29 is 19.0 Å². The van der Waals surface area contributed by atoms with Crippen LogP contribution in [0.3, 0.4) is 0 Å². The van der Waals surface area contributed by atoms with Gasteiger partial charge in [0.25, 0.3) is 0 Å². The maximum Gasteiger partial charge on any atom is 0.311 e. The summed E-state index contributed by atoms with van der Waals surface area (Å²) in [5.41, 5.74) is 1.10. The van der Waals surface area contributed by atoms with Gasteiger partial charge in [-0.3, -0.25) is 4.79 Å². The SMILES string of the molecule is CC=CC(C)(C)C[C@H]1NC[C@H](c2ccc3c(c2)OCO3)[C@H]1C(=O)OCC. The molecule has 2 heterocycles. The van der Waals surface area contributed by atoms with Crippen LogP contribution in [0.5, 0.6) is 11.5 Å². The summed E-state index contributed by atoms with van der Waals surface area (Å²) in [6.45, 7) is 9.68. The monoisotopic (exact) mass is 359 g/mol. The molecule has 5 heteroatoms. The number of benzene rings is 1. The summed E-state index contributed by atoms with van der Waals surface area (Å²) in [4.78, 5) is 12.8. The molecule has 1 fully saturated rings. The molecule has 1 saturated heterocycles. The highest BCUT2D eigenvalue weighted by molar-refractivity contribution is 5.75. The Hall–Kier alpha value is -2.01. The first kappa shape index (κ1) is 18.8. The molecule has 2 aliphatic heterocycles. The lowest BCUT2D eigenvalue weighted by Gasteiger charge is -2.29. The minimum Gasteiger partial charge on any atom is -0.466 e. The highest BCUT2D eigenvalue weighted by Gasteiger charge is 2.44. The fourth-order valence-corrected chi connectivity index (χ4v) is 4.13. The average molecular weight is 359 g/mol. The smallest absolute Gasteiger partial charge is 0.311 e. The number of ether oxygens (including phenoxy) is 3. The van der Waals surface area contributed by atoms with E-state index in [1.54, 1.807) is 0 Å². The quantitative estimate of drug-likeness (QED) is 0.621. The second kappa shape index (κ2) is 7.70. The fraction of sp³-hybridized carbons (Fsp3) is 0.571. The van der Waals surface area contributed by atoms with Gasteiger partial charge in [0.05, 0.1) is 12.5 Å². The molecule has 2 aliphatic rings. The van der Waals surface area contributed by atoms with Gasteiger partial charge in [-0.2, -0.15) is 0 Å². The summed E-state index contributed by atoms with van der Waals surface area (Å²) in [6.07, 6.45) is 5.15. The summed E-state index contributed by atoms with van der Waals surface area (Å²) < 4.78 is 16.3. The van der Waals surface area contributed by atoms with Crippen LogP contribution in [-0.4, -0.2) is 32.0 Å². The molecule has 0 spiro atoms. The number of nitrogens with one attached hydrogen (secondary N) is 1. The molecule has 3 rings (SSSR count). The molecule has 0 amide bonds. The van der Waals surface area contributed by atoms with Gasteiger partial charge in [-0.15, -0.1) is 0 Å². The van der Waals surface area contributed by atoms with Crippen LogP contribution in [-0.2, 0) is 9.53 Å². The molecular weight excluding hydrogens is 330 g/mol. The topological polar surface area (TPSA) is 56.8 Å². The molecule has 0 aromatic heterocycles. The second-order valence-electron chi connectivity index (χ2n) is 7.70. The number of carbonyl (C=O) groups is 1. The van der Waals surface area contributed by atoms with Gasteiger partial charge in [-0.25, -0.2) is 0 Å². The fourth-order valence-electron chi connectivity index (χ4n) is 4.13. The minimum absolute atomic E-state index is 0.0148. The van der Waals surface area contributed by atoms with Crippen molar-refractivity contribution in [3.8, 4) is 11.5 Å². The van der Waals surface area contributed by atoms with Crippen molar-refractivity contribution in [3.63, 3.8) is 0 Å². The Balaban J connectivity index is 1.86. The number of carbonyl (C=O) groups excluding carboxylic acids is 1. The Morgan fingerprint density at radius 3 is 2.85 bits per heavy atom. The van der Waals surface area contributed by atoms with Crippen LogP contribution < -0.4 is 14.8 Å². The van der Waals surface area contributed by atoms with E-state index in [-0.39, 0.29) is 36.1 Å². The predicted octanol–water partition coefficient (Wildman–Crippen LogP) is 3.64. The Morgan fingerprint density at radius 1 is 1.35 bits per heavy atom. The lowest BCUT2D eigenvalue weighted by Crippen LogP contribution is -2.37. The van der Waals surface area contributed by atoms with Crippen molar-refractivity contribution in [1.29, 1.82) is 0 Å². The first-order valence-electron chi connectivity index (χ1n) is 9.38. The Bertz CT molecular complexity index is 683. The second-order valence-corrected chi connectivity index (χ2v) is 7.70. The van der Waals surface area contributed by atoms with Crippen molar-refractivity contribution in [2.24, 2.45) is 11.3 Å². The third-order valence-corrected chi connectivity index (χ3v) is 5.21. The van der Waals surface area contributed by atoms with E-state index in [4.69, 9.17) is 14.2 Å². The van der Waals surface area contributed by atoms with Gasteiger partial charge in [-0.1, -0.05) is 32.1 Å². The molecule has 0 bridgehead atoms. The van der Waals surface area contributed by atoms with Crippen LogP contribution in [0.2, 0.25) is 0 Å². The average Bonchev–Trinajstić information content (AvgIpc) is 3.20. The molecule has 1 N–H and O–H groups in total. The van der Waals surface area contributed by atoms with E-state index in [1.807, 2.05) is 32.0 Å². The van der Waals surface area contributed by atoms with Gasteiger partial charge >= 0.3 is 5.97 Å². The number of fused-ring (bicyclic) bond motifs is 1. The molecule has 0 unspecified atom stereocenters. The summed E-state index contributed by atoms with van der Waals surface area (Å²) in [7, 11) is 0. The predicted molar refractivity (Wildman–Crippen MR) is 100 cm³/mol. The third kappa shape index (κ3) is 3.88. The van der Waals surface area contributed by atoms with Crippen LogP contribution in [0.25, 0.3) is 0 Å². The van der Waals surface area contributed by atoms with Crippen LogP contribution in [0.4, 0.5) is 0 Å². The summed E-state index contributed by atoms with van der Waals surface area (Å²) >= 11 is 0. The van der Waals surface area contributed by atoms with Crippen molar-refractivity contribution >= 4 is 5.97 Å². The van der Waals surface area contributed by atoms with Crippen LogP contribution >= 0.6 is 0 Å². The van der Waals surface area contributed by atoms with Gasteiger partial charge in [0, 0.05) is 18.5 Å². The van der Waals surface area contributed by atoms with Crippen molar-refractivity contribution in [2.75, 3.05) is 19.9 Å². The normalized spacial score (nSPS) is 25.0. The van der Waals surface area contributed by atoms with Crippen LogP contribution in [0, 0.1) is 11.3 Å². The standard InChI is InChI=1S/C21H29NO4/c1-5-9-21(3,4)11-16-19(20(23)24-6-2)15(12-22-16)14-7-8-17-18(10-14)26-13-25-17/h5,7-10,15-16,19,22H,6,11-13H2,1-4H3/t15-,16-,19-/m1/s1. The van der Waals surface area contributed by atoms with E-state index in [0.717, 1.165) is 30.0 Å². The number of esters is 1. The lowest BCUT2D eigenvalue weighted by atomic mass is 9.78. The number of hydrogen-bond acceptors (Lipinski definition) is 5. The molecule has 0 aliphatic carbocycles. The Morgan fingerprint density at radius 2 is 2.12 bits per heavy atom. The summed E-state index contributed by atoms with van der Waals surface area (Å²) in [5.74, 6) is 1.25. The van der Waals surface area contributed by atoms with E-state index in [1.165, 1.54) is 0 Å². The highest BCUT2D eigenvalue weighted by atomic mass is 16.7. The maximum absolute atomic E-state index is 12.8. The van der Waals surface area contributed by atoms with Crippen LogP contribution in [0.15, 0.2) is 30.4 Å². The molecule has 0 saturated carbocycles. The van der Waals surface area contributed by atoms with E-state index in [9.17, 15) is 4.79 Å². The molecule has 0 radical (unpaired) electrons. The molecule has 1 aromatic rings. The largest absolute Gasteiger partial charge is 0.466 e. The van der Waals surface area contributed by atoms with E-state index < -0.39 is 0 Å². The molecule has 1 aromatic carbocycles. The number of rotatable bonds is 6. The Kier molecular flexibility index (Phi) is 5.56. The molecule has 5 nitrogen and oxygen atoms in total. The van der Waals surface area contributed by atoms with Gasteiger partial charge < -0.3 is 19.5 Å². The maximum atomic E-state index is 12.8. The van der Waals surface area contributed by atoms with Crippen molar-refractivity contribution in [1.82, 2.24) is 5.32 Å². The zero-order chi connectivity index (χ0) is 18.7. The zero-order valence-corrected chi connectivity index (χ0v) is 16.1. The van der Waals surface area contributed by atoms with E-state index >= 15 is 0 Å². The Labute approximate surface area is 155 Å². The summed E-state index contributed by atoms with van der Waals surface area (Å²) in [6, 6.07) is 6.04. The first-order valence-corrected chi connectivity index (χ1v) is 9.38. The van der Waals surface area contributed by atoms with Crippen molar-refractivity contribution in [2.45, 2.75) is 46.1 Å². The first-order chi connectivity index (χ1) is 12.4. The number of hydrogen-bond donors (Lipinski definition) is 1. The number of allylic oxidation sites excluding steroid dienone is 2. The minimum atomic E-state index is -0.208. The third-order valence-electron chi connectivity index (χ3n) is 5.21. The van der Waals surface area contributed by atoms with Gasteiger partial charge in [0.15, 0.2) is 11.5 Å². The zero-order valence-electron chi connectivity index (χ0n) is 16.1. The molecule has 3 atom stereocenters. The highest BCUT2D eigenvalue weighted by Crippen LogP contribution is 2.41. The molecular formula is C21H29NO4. The van der Waals surface area contributed by atoms with E-state index in [0.29, 0.717) is 6.61 Å².